The van der Waals surface area contributed by atoms with E-state index in [0.29, 0.717) is 25.1 Å². The van der Waals surface area contributed by atoms with Gasteiger partial charge in [0.25, 0.3) is 5.91 Å². The number of carbonyl (C=O) groups excluding carboxylic acids is 3. The van der Waals surface area contributed by atoms with Crippen molar-refractivity contribution in [3.63, 3.8) is 0 Å². The molecule has 0 aromatic heterocycles. The Morgan fingerprint density at radius 2 is 1.88 bits per heavy atom. The van der Waals surface area contributed by atoms with E-state index in [1.807, 2.05) is 6.92 Å². The van der Waals surface area contributed by atoms with Crippen LogP contribution in [-0.2, 0) is 9.59 Å². The molecular weight excluding hydrogens is 308 g/mol. The molecule has 4 rings (SSSR count). The van der Waals surface area contributed by atoms with Gasteiger partial charge in [-0.2, -0.15) is 0 Å². The predicted molar refractivity (Wildman–Crippen MR) is 84.9 cm³/mol. The van der Waals surface area contributed by atoms with Gasteiger partial charge in [0.05, 0.1) is 11.8 Å². The van der Waals surface area contributed by atoms with Gasteiger partial charge in [0, 0.05) is 24.6 Å². The summed E-state index contributed by atoms with van der Waals surface area (Å²) in [6.07, 6.45) is 0.593. The fraction of sp³-hybridized carbons (Fsp3) is 0.389. The van der Waals surface area contributed by atoms with Gasteiger partial charge in [0.1, 0.15) is 5.75 Å². The Morgan fingerprint density at radius 1 is 1.17 bits per heavy atom. The number of phenolic OH excluding ortho intramolecular Hbond substituents is 1. The van der Waals surface area contributed by atoms with Gasteiger partial charge in [-0.3, -0.25) is 19.7 Å². The number of carbonyl (C=O) groups is 3. The van der Waals surface area contributed by atoms with Crippen molar-refractivity contribution in [3.8, 4) is 5.75 Å². The molecule has 2 heterocycles. The topological polar surface area (TPSA) is 86.7 Å². The Hall–Kier alpha value is -2.63. The molecule has 0 spiro atoms. The van der Waals surface area contributed by atoms with Crippen molar-refractivity contribution in [1.82, 2.24) is 10.2 Å². The smallest absolute Gasteiger partial charge is 0.254 e. The number of allylic oxidation sites excluding steroid dienone is 1. The number of hydrogen-bond acceptors (Lipinski definition) is 4. The van der Waals surface area contributed by atoms with Crippen LogP contribution in [0.5, 0.6) is 5.75 Å². The summed E-state index contributed by atoms with van der Waals surface area (Å²) in [6.45, 7) is 2.94. The number of hydrogen-bond donors (Lipinski definition) is 2. The number of nitrogens with zero attached hydrogens (tertiary/aromatic N) is 1. The molecule has 2 N–H and O–H groups in total. The minimum Gasteiger partial charge on any atom is -0.508 e. The molecule has 2 saturated heterocycles. The van der Waals surface area contributed by atoms with Crippen LogP contribution in [0.15, 0.2) is 35.4 Å². The third kappa shape index (κ3) is 2.13. The average molecular weight is 326 g/mol. The van der Waals surface area contributed by atoms with E-state index in [0.717, 1.165) is 11.1 Å². The van der Waals surface area contributed by atoms with Crippen molar-refractivity contribution in [2.24, 2.45) is 17.8 Å². The largest absolute Gasteiger partial charge is 0.508 e. The number of fused-ring (bicyclic) bond motifs is 3. The number of phenols is 1. The van der Waals surface area contributed by atoms with E-state index in [2.05, 4.69) is 5.32 Å². The Kier molecular flexibility index (Phi) is 3.23. The van der Waals surface area contributed by atoms with Gasteiger partial charge in [-0.1, -0.05) is 5.57 Å². The first kappa shape index (κ1) is 14.9. The van der Waals surface area contributed by atoms with Crippen LogP contribution >= 0.6 is 0 Å². The second kappa shape index (κ2) is 5.19. The Balaban J connectivity index is 1.62. The Morgan fingerprint density at radius 3 is 2.58 bits per heavy atom. The highest BCUT2D eigenvalue weighted by Gasteiger charge is 2.52. The van der Waals surface area contributed by atoms with E-state index in [-0.39, 0.29) is 41.2 Å². The molecule has 6 nitrogen and oxygen atoms in total. The standard InChI is InChI=1S/C18H18N2O4/c1-9-6-12-15(17(23)19-16(12)22)14-8-20(7-13(9)14)18(24)10-2-4-11(21)5-3-10/h2-5,12,14-15,21H,6-8H2,1H3,(H,19,22,23)/t12-,14-,15-/m0/s1. The van der Waals surface area contributed by atoms with Gasteiger partial charge in [0.2, 0.25) is 11.8 Å². The first-order valence-corrected chi connectivity index (χ1v) is 8.07. The first-order chi connectivity index (χ1) is 11.5. The van der Waals surface area contributed by atoms with Crippen LogP contribution in [0, 0.1) is 17.8 Å². The van der Waals surface area contributed by atoms with Crippen molar-refractivity contribution in [2.45, 2.75) is 13.3 Å². The van der Waals surface area contributed by atoms with Crippen LogP contribution in [0.1, 0.15) is 23.7 Å². The second-order valence-electron chi connectivity index (χ2n) is 6.83. The zero-order valence-corrected chi connectivity index (χ0v) is 13.3. The highest BCUT2D eigenvalue weighted by atomic mass is 16.3. The van der Waals surface area contributed by atoms with Crippen molar-refractivity contribution >= 4 is 17.7 Å². The number of benzene rings is 1. The van der Waals surface area contributed by atoms with E-state index in [9.17, 15) is 19.5 Å². The van der Waals surface area contributed by atoms with E-state index in [1.54, 1.807) is 17.0 Å². The van der Waals surface area contributed by atoms with Crippen LogP contribution in [0.2, 0.25) is 0 Å². The molecule has 6 heteroatoms. The molecule has 1 aromatic carbocycles. The van der Waals surface area contributed by atoms with Crippen LogP contribution in [-0.4, -0.2) is 40.8 Å². The van der Waals surface area contributed by atoms with Gasteiger partial charge >= 0.3 is 0 Å². The lowest BCUT2D eigenvalue weighted by atomic mass is 9.71. The molecule has 124 valence electrons. The summed E-state index contributed by atoms with van der Waals surface area (Å²) in [5.41, 5.74) is 2.74. The average Bonchev–Trinajstić information content (AvgIpc) is 3.10. The summed E-state index contributed by atoms with van der Waals surface area (Å²) in [4.78, 5) is 38.6. The van der Waals surface area contributed by atoms with Crippen LogP contribution in [0.25, 0.3) is 0 Å². The highest BCUT2D eigenvalue weighted by Crippen LogP contribution is 2.45. The monoisotopic (exact) mass is 326 g/mol. The molecule has 3 aliphatic rings. The molecule has 0 radical (unpaired) electrons. The van der Waals surface area contributed by atoms with Gasteiger partial charge in [-0.05, 0) is 43.2 Å². The number of aromatic hydroxyl groups is 1. The van der Waals surface area contributed by atoms with Crippen molar-refractivity contribution in [3.05, 3.63) is 41.0 Å². The van der Waals surface area contributed by atoms with E-state index in [1.165, 1.54) is 12.1 Å². The quantitative estimate of drug-likeness (QED) is 0.597. The SMILES string of the molecule is CC1=C2CN(C(=O)c3ccc(O)cc3)C[C@@H]2[C@H]2C(=O)NC(=O)[C@H]2C1. The minimum absolute atomic E-state index is 0.0729. The number of imide groups is 1. The maximum atomic E-state index is 12.7. The zero-order chi connectivity index (χ0) is 17.0. The van der Waals surface area contributed by atoms with Gasteiger partial charge in [-0.15, -0.1) is 0 Å². The predicted octanol–water partition coefficient (Wildman–Crippen LogP) is 1.07. The highest BCUT2D eigenvalue weighted by molar-refractivity contribution is 6.06. The molecule has 24 heavy (non-hydrogen) atoms. The van der Waals surface area contributed by atoms with E-state index in [4.69, 9.17) is 0 Å². The third-order valence-electron chi connectivity index (χ3n) is 5.45. The summed E-state index contributed by atoms with van der Waals surface area (Å²) >= 11 is 0. The maximum Gasteiger partial charge on any atom is 0.254 e. The number of amides is 3. The Bertz CT molecular complexity index is 781. The van der Waals surface area contributed by atoms with Crippen molar-refractivity contribution in [2.75, 3.05) is 13.1 Å². The third-order valence-corrected chi connectivity index (χ3v) is 5.45. The molecule has 2 fully saturated rings. The lowest BCUT2D eigenvalue weighted by molar-refractivity contribution is -0.126. The summed E-state index contributed by atoms with van der Waals surface area (Å²) in [5.74, 6) is -1.12. The summed E-state index contributed by atoms with van der Waals surface area (Å²) in [7, 11) is 0. The van der Waals surface area contributed by atoms with Crippen molar-refractivity contribution < 1.29 is 19.5 Å². The Labute approximate surface area is 139 Å². The lowest BCUT2D eigenvalue weighted by Crippen LogP contribution is -2.34. The number of rotatable bonds is 1. The fourth-order valence-corrected chi connectivity index (χ4v) is 4.25. The van der Waals surface area contributed by atoms with Gasteiger partial charge in [-0.25, -0.2) is 0 Å². The molecule has 3 atom stereocenters. The first-order valence-electron chi connectivity index (χ1n) is 8.07. The molecular formula is C18H18N2O4. The fourth-order valence-electron chi connectivity index (χ4n) is 4.25. The number of likely N-dealkylation sites (tertiary alicyclic amines) is 1. The normalized spacial score (nSPS) is 28.7. The van der Waals surface area contributed by atoms with Crippen molar-refractivity contribution in [1.29, 1.82) is 0 Å². The lowest BCUT2D eigenvalue weighted by Gasteiger charge is -2.29. The molecule has 2 aliphatic heterocycles. The van der Waals surface area contributed by atoms with Crippen LogP contribution < -0.4 is 5.32 Å². The maximum absolute atomic E-state index is 12.7. The molecule has 1 aromatic rings. The summed E-state index contributed by atoms with van der Waals surface area (Å²) in [6, 6.07) is 6.16. The second-order valence-corrected chi connectivity index (χ2v) is 6.83. The van der Waals surface area contributed by atoms with Crippen LogP contribution in [0.4, 0.5) is 0 Å². The van der Waals surface area contributed by atoms with Gasteiger partial charge in [0.15, 0.2) is 0 Å². The van der Waals surface area contributed by atoms with E-state index >= 15 is 0 Å². The summed E-state index contributed by atoms with van der Waals surface area (Å²) < 4.78 is 0. The van der Waals surface area contributed by atoms with Crippen LogP contribution in [0.3, 0.4) is 0 Å². The van der Waals surface area contributed by atoms with Gasteiger partial charge < -0.3 is 10.0 Å². The molecule has 0 saturated carbocycles. The number of nitrogens with one attached hydrogen (secondary N) is 1. The summed E-state index contributed by atoms with van der Waals surface area (Å²) in [5, 5.41) is 11.8. The molecule has 0 bridgehead atoms. The molecule has 1 aliphatic carbocycles. The zero-order valence-electron chi connectivity index (χ0n) is 13.3. The van der Waals surface area contributed by atoms with E-state index < -0.39 is 0 Å². The molecule has 3 amide bonds. The minimum atomic E-state index is -0.353. The molecule has 0 unspecified atom stereocenters.